The molecule has 2 aromatic rings. The molecule has 0 atom stereocenters. The quantitative estimate of drug-likeness (QED) is 0.707. The second-order valence-corrected chi connectivity index (χ2v) is 7.70. The molecule has 0 unspecified atom stereocenters. The fourth-order valence-corrected chi connectivity index (χ4v) is 3.47. The van der Waals surface area contributed by atoms with Crippen LogP contribution in [0.15, 0.2) is 28.8 Å². The Kier molecular flexibility index (Phi) is 8.04. The van der Waals surface area contributed by atoms with Crippen LogP contribution in [0.4, 0.5) is 0 Å². The number of carbonyl (C=O) groups excluding carboxylic acids is 2. The van der Waals surface area contributed by atoms with Crippen molar-refractivity contribution < 1.29 is 14.1 Å². The number of aryl methyl sites for hydroxylation is 1. The van der Waals surface area contributed by atoms with E-state index in [9.17, 15) is 9.59 Å². The molecular weight excluding hydrogens is 392 g/mol. The number of carbonyl (C=O) groups is 2. The molecule has 2 heterocycles. The van der Waals surface area contributed by atoms with Crippen LogP contribution >= 0.6 is 11.6 Å². The number of aromatic nitrogens is 2. The van der Waals surface area contributed by atoms with Gasteiger partial charge in [-0.3, -0.25) is 9.59 Å². The molecule has 1 aliphatic heterocycles. The highest BCUT2D eigenvalue weighted by atomic mass is 35.5. The highest BCUT2D eigenvalue weighted by Crippen LogP contribution is 2.19. The third kappa shape index (κ3) is 6.85. The maximum absolute atomic E-state index is 12.2. The van der Waals surface area contributed by atoms with E-state index >= 15 is 0 Å². The zero-order valence-corrected chi connectivity index (χ0v) is 17.3. The number of nitrogens with one attached hydrogen (secondary N) is 1. The summed E-state index contributed by atoms with van der Waals surface area (Å²) in [6.45, 7) is 2.07. The molecule has 0 saturated carbocycles. The van der Waals surface area contributed by atoms with Gasteiger partial charge in [-0.25, -0.2) is 0 Å². The first-order valence-corrected chi connectivity index (χ1v) is 10.6. The van der Waals surface area contributed by atoms with Gasteiger partial charge in [0.15, 0.2) is 0 Å². The van der Waals surface area contributed by atoms with Crippen molar-refractivity contribution in [3.63, 3.8) is 0 Å². The van der Waals surface area contributed by atoms with Crippen molar-refractivity contribution in [2.24, 2.45) is 0 Å². The van der Waals surface area contributed by atoms with E-state index in [1.165, 1.54) is 12.8 Å². The minimum Gasteiger partial charge on any atom is -0.356 e. The Bertz CT molecular complexity index is 799. The van der Waals surface area contributed by atoms with Gasteiger partial charge in [-0.15, -0.1) is 0 Å². The Balaban J connectivity index is 1.33. The first-order valence-electron chi connectivity index (χ1n) is 10.2. The van der Waals surface area contributed by atoms with E-state index in [0.717, 1.165) is 31.5 Å². The molecule has 3 rings (SSSR count). The van der Waals surface area contributed by atoms with E-state index in [-0.39, 0.29) is 11.8 Å². The van der Waals surface area contributed by atoms with Crippen molar-refractivity contribution in [2.75, 3.05) is 19.6 Å². The minimum atomic E-state index is -0.0638. The van der Waals surface area contributed by atoms with Gasteiger partial charge in [0.1, 0.15) is 0 Å². The number of amides is 2. The van der Waals surface area contributed by atoms with Gasteiger partial charge in [0.05, 0.1) is 0 Å². The molecule has 1 aliphatic rings. The van der Waals surface area contributed by atoms with Gasteiger partial charge in [-0.2, -0.15) is 4.98 Å². The second-order valence-electron chi connectivity index (χ2n) is 7.27. The summed E-state index contributed by atoms with van der Waals surface area (Å²) >= 11 is 5.88. The molecule has 0 aliphatic carbocycles. The fourth-order valence-electron chi connectivity index (χ4n) is 3.35. The van der Waals surface area contributed by atoms with Crippen molar-refractivity contribution in [3.8, 4) is 11.4 Å². The number of nitrogens with zero attached hydrogens (tertiary/aromatic N) is 3. The van der Waals surface area contributed by atoms with Gasteiger partial charge in [-0.05, 0) is 43.5 Å². The average Bonchev–Trinajstić information content (AvgIpc) is 3.01. The zero-order valence-electron chi connectivity index (χ0n) is 16.5. The van der Waals surface area contributed by atoms with Gasteiger partial charge >= 0.3 is 0 Å². The van der Waals surface area contributed by atoms with Gasteiger partial charge < -0.3 is 14.7 Å². The van der Waals surface area contributed by atoms with Crippen LogP contribution < -0.4 is 5.32 Å². The van der Waals surface area contributed by atoms with Crippen LogP contribution in [-0.2, 0) is 16.0 Å². The molecule has 0 bridgehead atoms. The minimum absolute atomic E-state index is 0.0638. The highest BCUT2D eigenvalue weighted by molar-refractivity contribution is 6.30. The topological polar surface area (TPSA) is 88.3 Å². The molecule has 8 heteroatoms. The third-order valence-corrected chi connectivity index (χ3v) is 5.24. The van der Waals surface area contributed by atoms with E-state index in [4.69, 9.17) is 16.1 Å². The maximum atomic E-state index is 12.2. The predicted octanol–water partition coefficient (Wildman–Crippen LogP) is 3.62. The van der Waals surface area contributed by atoms with Crippen LogP contribution in [0.2, 0.25) is 5.02 Å². The summed E-state index contributed by atoms with van der Waals surface area (Å²) in [6, 6.07) is 7.21. The standard InChI is InChI=1S/C21H27ClN4O3/c22-17-10-8-16(9-11-17)21-24-19(29-25-21)7-5-6-18(27)23-13-12-20(28)26-14-3-1-2-4-15-26/h8-11H,1-7,12-15H2,(H,23,27). The van der Waals surface area contributed by atoms with Gasteiger partial charge in [-0.1, -0.05) is 29.6 Å². The Morgan fingerprint density at radius 2 is 1.79 bits per heavy atom. The molecule has 1 aromatic carbocycles. The van der Waals surface area contributed by atoms with Crippen LogP contribution in [-0.4, -0.2) is 46.5 Å². The lowest BCUT2D eigenvalue weighted by atomic mass is 10.2. The van der Waals surface area contributed by atoms with E-state index in [1.807, 2.05) is 17.0 Å². The van der Waals surface area contributed by atoms with Gasteiger partial charge in [0, 0.05) is 49.5 Å². The monoisotopic (exact) mass is 418 g/mol. The molecule has 0 spiro atoms. The van der Waals surface area contributed by atoms with Crippen LogP contribution in [0.5, 0.6) is 0 Å². The molecule has 7 nitrogen and oxygen atoms in total. The van der Waals surface area contributed by atoms with Crippen molar-refractivity contribution in [1.82, 2.24) is 20.4 Å². The van der Waals surface area contributed by atoms with Crippen molar-refractivity contribution in [2.45, 2.75) is 51.4 Å². The number of benzene rings is 1. The molecule has 2 amide bonds. The van der Waals surface area contributed by atoms with Crippen molar-refractivity contribution >= 4 is 23.4 Å². The number of likely N-dealkylation sites (tertiary alicyclic amines) is 1. The van der Waals surface area contributed by atoms with Gasteiger partial charge in [0.2, 0.25) is 23.5 Å². The van der Waals surface area contributed by atoms with Gasteiger partial charge in [0.25, 0.3) is 0 Å². The molecule has 29 heavy (non-hydrogen) atoms. The van der Waals surface area contributed by atoms with E-state index in [1.54, 1.807) is 12.1 Å². The zero-order chi connectivity index (χ0) is 20.5. The summed E-state index contributed by atoms with van der Waals surface area (Å²) in [5, 5.41) is 7.44. The second kappa shape index (κ2) is 11.0. The summed E-state index contributed by atoms with van der Waals surface area (Å²) in [7, 11) is 0. The molecule has 156 valence electrons. The average molecular weight is 419 g/mol. The lowest BCUT2D eigenvalue weighted by Gasteiger charge is -2.20. The highest BCUT2D eigenvalue weighted by Gasteiger charge is 2.15. The Labute approximate surface area is 175 Å². The number of hydrogen-bond acceptors (Lipinski definition) is 5. The molecular formula is C21H27ClN4O3. The number of halogens is 1. The maximum Gasteiger partial charge on any atom is 0.226 e. The predicted molar refractivity (Wildman–Crippen MR) is 110 cm³/mol. The van der Waals surface area contributed by atoms with Crippen LogP contribution in [0.1, 0.15) is 50.8 Å². The Hall–Kier alpha value is -2.41. The van der Waals surface area contributed by atoms with Crippen molar-refractivity contribution in [1.29, 1.82) is 0 Å². The van der Waals surface area contributed by atoms with E-state index < -0.39 is 0 Å². The van der Waals surface area contributed by atoms with E-state index in [0.29, 0.717) is 49.0 Å². The van der Waals surface area contributed by atoms with Crippen LogP contribution in [0.25, 0.3) is 11.4 Å². The number of hydrogen-bond donors (Lipinski definition) is 1. The molecule has 1 aromatic heterocycles. The summed E-state index contributed by atoms with van der Waals surface area (Å²) in [6.07, 6.45) is 6.40. The first kappa shape index (κ1) is 21.3. The molecule has 0 radical (unpaired) electrons. The SMILES string of the molecule is O=C(CCCc1nc(-c2ccc(Cl)cc2)no1)NCCC(=O)N1CCCCCC1. The third-order valence-electron chi connectivity index (χ3n) is 4.98. The molecule has 1 saturated heterocycles. The summed E-state index contributed by atoms with van der Waals surface area (Å²) in [5.41, 5.74) is 0.830. The summed E-state index contributed by atoms with van der Waals surface area (Å²) in [5.74, 6) is 1.08. The van der Waals surface area contributed by atoms with Crippen LogP contribution in [0.3, 0.4) is 0 Å². The van der Waals surface area contributed by atoms with Crippen molar-refractivity contribution in [3.05, 3.63) is 35.2 Å². The number of rotatable bonds is 8. The summed E-state index contributed by atoms with van der Waals surface area (Å²) < 4.78 is 5.25. The molecule has 1 N–H and O–H groups in total. The Morgan fingerprint density at radius 3 is 2.52 bits per heavy atom. The fraction of sp³-hybridized carbons (Fsp3) is 0.524. The lowest BCUT2D eigenvalue weighted by Crippen LogP contribution is -2.35. The normalized spacial score (nSPS) is 14.4. The van der Waals surface area contributed by atoms with E-state index in [2.05, 4.69) is 15.5 Å². The largest absolute Gasteiger partial charge is 0.356 e. The first-order chi connectivity index (χ1) is 14.1. The lowest BCUT2D eigenvalue weighted by molar-refractivity contribution is -0.131. The molecule has 1 fully saturated rings. The Morgan fingerprint density at radius 1 is 1.07 bits per heavy atom. The smallest absolute Gasteiger partial charge is 0.226 e. The van der Waals surface area contributed by atoms with Crippen LogP contribution in [0, 0.1) is 0 Å². The summed E-state index contributed by atoms with van der Waals surface area (Å²) in [4.78, 5) is 30.5.